The molecule has 1 aromatic carbocycles. The Bertz CT molecular complexity index is 1110. The molecule has 1 atom stereocenters. The molecule has 3 aromatic rings. The van der Waals surface area contributed by atoms with E-state index < -0.39 is 0 Å². The third-order valence-corrected chi connectivity index (χ3v) is 5.83. The molecule has 0 saturated carbocycles. The molecule has 0 spiro atoms. The molecule has 2 aromatic heterocycles. The van der Waals surface area contributed by atoms with Crippen molar-refractivity contribution < 1.29 is 13.9 Å². The molecule has 1 aliphatic rings. The van der Waals surface area contributed by atoms with Crippen molar-refractivity contribution in [3.63, 3.8) is 0 Å². The number of hydrogen-bond acceptors (Lipinski definition) is 7. The van der Waals surface area contributed by atoms with E-state index in [2.05, 4.69) is 4.90 Å². The molecule has 1 saturated heterocycles. The van der Waals surface area contributed by atoms with Gasteiger partial charge in [-0.3, -0.25) is 9.69 Å². The van der Waals surface area contributed by atoms with Crippen molar-refractivity contribution in [3.05, 3.63) is 47.6 Å². The lowest BCUT2D eigenvalue weighted by Crippen LogP contribution is -2.30. The van der Waals surface area contributed by atoms with Gasteiger partial charge in [0.2, 0.25) is 5.91 Å². The Morgan fingerprint density at radius 3 is 2.75 bits per heavy atom. The van der Waals surface area contributed by atoms with Crippen LogP contribution < -0.4 is 9.64 Å². The summed E-state index contributed by atoms with van der Waals surface area (Å²) < 4.78 is 11.5. The maximum atomic E-state index is 12.1. The number of methoxy groups -OCH3 is 1. The van der Waals surface area contributed by atoms with Crippen LogP contribution in [0.25, 0.3) is 11.0 Å². The summed E-state index contributed by atoms with van der Waals surface area (Å²) in [5.74, 6) is 3.25. The fourth-order valence-corrected chi connectivity index (χ4v) is 4.30. The van der Waals surface area contributed by atoms with Crippen LogP contribution in [-0.2, 0) is 17.9 Å². The first-order chi connectivity index (χ1) is 15.4. The first-order valence-electron chi connectivity index (χ1n) is 10.9. The predicted octanol–water partition coefficient (Wildman–Crippen LogP) is 3.61. The molecule has 32 heavy (non-hydrogen) atoms. The van der Waals surface area contributed by atoms with Gasteiger partial charge < -0.3 is 19.0 Å². The summed E-state index contributed by atoms with van der Waals surface area (Å²) in [5.41, 5.74) is 1.69. The Morgan fingerprint density at radius 2 is 2.03 bits per heavy atom. The SMILES string of the molecule is COc1cccc2cc(CN(C)Cc3cc(N(C)C)nc([C@@H]4CCCN4C(C)=O)n3)oc12. The van der Waals surface area contributed by atoms with Crippen molar-refractivity contribution in [3.8, 4) is 5.75 Å². The molecule has 3 heterocycles. The van der Waals surface area contributed by atoms with Gasteiger partial charge >= 0.3 is 0 Å². The fourth-order valence-electron chi connectivity index (χ4n) is 4.30. The highest BCUT2D eigenvalue weighted by atomic mass is 16.5. The van der Waals surface area contributed by atoms with Crippen LogP contribution in [0.4, 0.5) is 5.82 Å². The summed E-state index contributed by atoms with van der Waals surface area (Å²) in [4.78, 5) is 27.7. The molecule has 8 heteroatoms. The van der Waals surface area contributed by atoms with E-state index in [-0.39, 0.29) is 11.9 Å². The number of rotatable bonds is 7. The molecule has 0 bridgehead atoms. The van der Waals surface area contributed by atoms with E-state index in [1.165, 1.54) is 0 Å². The normalized spacial score (nSPS) is 16.2. The lowest BCUT2D eigenvalue weighted by atomic mass is 10.2. The van der Waals surface area contributed by atoms with Crippen LogP contribution in [0, 0.1) is 0 Å². The van der Waals surface area contributed by atoms with E-state index >= 15 is 0 Å². The molecule has 4 rings (SSSR count). The third-order valence-electron chi connectivity index (χ3n) is 5.83. The highest BCUT2D eigenvalue weighted by Gasteiger charge is 2.30. The van der Waals surface area contributed by atoms with Crippen LogP contribution in [0.3, 0.4) is 0 Å². The second-order valence-electron chi connectivity index (χ2n) is 8.60. The second kappa shape index (κ2) is 9.16. The third kappa shape index (κ3) is 4.55. The summed E-state index contributed by atoms with van der Waals surface area (Å²) in [6.07, 6.45) is 1.87. The number of carbonyl (C=O) groups excluding carboxylic acids is 1. The predicted molar refractivity (Wildman–Crippen MR) is 124 cm³/mol. The van der Waals surface area contributed by atoms with Crippen molar-refractivity contribution in [1.82, 2.24) is 19.8 Å². The van der Waals surface area contributed by atoms with Crippen LogP contribution in [-0.4, -0.2) is 60.5 Å². The molecule has 8 nitrogen and oxygen atoms in total. The molecule has 0 aliphatic carbocycles. The Balaban J connectivity index is 1.55. The maximum Gasteiger partial charge on any atom is 0.220 e. The number of benzene rings is 1. The lowest BCUT2D eigenvalue weighted by Gasteiger charge is -2.24. The Morgan fingerprint density at radius 1 is 1.22 bits per heavy atom. The van der Waals surface area contributed by atoms with Gasteiger partial charge in [0.1, 0.15) is 11.6 Å². The number of ether oxygens (including phenoxy) is 1. The monoisotopic (exact) mass is 437 g/mol. The summed E-state index contributed by atoms with van der Waals surface area (Å²) in [6, 6.07) is 9.89. The lowest BCUT2D eigenvalue weighted by molar-refractivity contribution is -0.129. The number of anilines is 1. The van der Waals surface area contributed by atoms with Crippen molar-refractivity contribution in [2.75, 3.05) is 39.7 Å². The van der Waals surface area contributed by atoms with Crippen LogP contribution >= 0.6 is 0 Å². The zero-order chi connectivity index (χ0) is 22.8. The smallest absolute Gasteiger partial charge is 0.220 e. The average Bonchev–Trinajstić information content (AvgIpc) is 3.40. The van der Waals surface area contributed by atoms with Crippen molar-refractivity contribution in [1.29, 1.82) is 0 Å². The number of para-hydroxylation sites is 1. The van der Waals surface area contributed by atoms with Gasteiger partial charge in [0.25, 0.3) is 0 Å². The van der Waals surface area contributed by atoms with Gasteiger partial charge in [-0.2, -0.15) is 0 Å². The standard InChI is InChI=1S/C24H31N5O3/c1-16(30)29-11-7-9-20(29)24-25-18(13-22(26-24)27(2)3)14-28(4)15-19-12-17-8-6-10-21(31-5)23(17)32-19/h6,8,10,12-13,20H,7,9,11,14-15H2,1-5H3/t20-/m0/s1. The van der Waals surface area contributed by atoms with Crippen molar-refractivity contribution in [2.24, 2.45) is 0 Å². The largest absolute Gasteiger partial charge is 0.493 e. The van der Waals surface area contributed by atoms with Crippen LogP contribution in [0.2, 0.25) is 0 Å². The van der Waals surface area contributed by atoms with E-state index in [0.717, 1.165) is 59.2 Å². The minimum atomic E-state index is -0.0562. The van der Waals surface area contributed by atoms with Gasteiger partial charge in [-0.05, 0) is 32.0 Å². The first kappa shape index (κ1) is 22.1. The highest BCUT2D eigenvalue weighted by molar-refractivity contribution is 5.83. The van der Waals surface area contributed by atoms with Gasteiger partial charge in [0.05, 0.1) is 25.4 Å². The van der Waals surface area contributed by atoms with E-state index in [9.17, 15) is 4.79 Å². The Labute approximate surface area is 188 Å². The molecular formula is C24H31N5O3. The van der Waals surface area contributed by atoms with E-state index in [1.54, 1.807) is 14.0 Å². The molecule has 170 valence electrons. The zero-order valence-corrected chi connectivity index (χ0v) is 19.5. The van der Waals surface area contributed by atoms with Gasteiger partial charge in [0, 0.05) is 45.6 Å². The minimum Gasteiger partial charge on any atom is -0.493 e. The summed E-state index contributed by atoms with van der Waals surface area (Å²) in [7, 11) is 7.63. The number of fused-ring (bicyclic) bond motifs is 1. The van der Waals surface area contributed by atoms with E-state index in [4.69, 9.17) is 19.1 Å². The number of hydrogen-bond donors (Lipinski definition) is 0. The van der Waals surface area contributed by atoms with Crippen LogP contribution in [0.15, 0.2) is 34.7 Å². The number of amides is 1. The molecule has 1 aliphatic heterocycles. The number of carbonyl (C=O) groups is 1. The topological polar surface area (TPSA) is 74.9 Å². The van der Waals surface area contributed by atoms with Crippen LogP contribution in [0.1, 0.15) is 43.1 Å². The number of likely N-dealkylation sites (tertiary alicyclic amines) is 1. The second-order valence-corrected chi connectivity index (χ2v) is 8.60. The zero-order valence-electron chi connectivity index (χ0n) is 19.5. The van der Waals surface area contributed by atoms with Crippen LogP contribution in [0.5, 0.6) is 5.75 Å². The molecule has 0 N–H and O–H groups in total. The van der Waals surface area contributed by atoms with E-state index in [0.29, 0.717) is 13.1 Å². The fraction of sp³-hybridized carbons (Fsp3) is 0.458. The van der Waals surface area contributed by atoms with Gasteiger partial charge in [-0.15, -0.1) is 0 Å². The molecule has 1 amide bonds. The summed E-state index contributed by atoms with van der Waals surface area (Å²) >= 11 is 0. The first-order valence-corrected chi connectivity index (χ1v) is 10.9. The Kier molecular flexibility index (Phi) is 6.32. The minimum absolute atomic E-state index is 0.0562. The van der Waals surface area contributed by atoms with Crippen molar-refractivity contribution in [2.45, 2.75) is 38.9 Å². The molecular weight excluding hydrogens is 406 g/mol. The van der Waals surface area contributed by atoms with E-state index in [1.807, 2.05) is 61.3 Å². The Hall–Kier alpha value is -3.13. The number of nitrogens with zero attached hydrogens (tertiary/aromatic N) is 5. The van der Waals surface area contributed by atoms with Gasteiger partial charge in [-0.25, -0.2) is 9.97 Å². The number of aromatic nitrogens is 2. The van der Waals surface area contributed by atoms with Crippen molar-refractivity contribution >= 4 is 22.7 Å². The summed E-state index contributed by atoms with van der Waals surface area (Å²) in [6.45, 7) is 3.65. The van der Waals surface area contributed by atoms with Gasteiger partial charge in [0.15, 0.2) is 17.2 Å². The average molecular weight is 438 g/mol. The molecule has 1 fully saturated rings. The summed E-state index contributed by atoms with van der Waals surface area (Å²) in [5, 5.41) is 1.03. The maximum absolute atomic E-state index is 12.1. The van der Waals surface area contributed by atoms with Gasteiger partial charge in [-0.1, -0.05) is 12.1 Å². The molecule has 0 unspecified atom stereocenters. The molecule has 0 radical (unpaired) electrons. The highest BCUT2D eigenvalue weighted by Crippen LogP contribution is 2.31. The quantitative estimate of drug-likeness (QED) is 0.559. The number of furan rings is 1.